The summed E-state index contributed by atoms with van der Waals surface area (Å²) < 4.78 is 40.1. The van der Waals surface area contributed by atoms with E-state index in [1.165, 1.54) is 17.2 Å². The van der Waals surface area contributed by atoms with Crippen molar-refractivity contribution in [3.05, 3.63) is 53.3 Å². The molecule has 0 saturated carbocycles. The molecular weight excluding hydrogens is 421 g/mol. The lowest BCUT2D eigenvalue weighted by molar-refractivity contribution is -0.146. The van der Waals surface area contributed by atoms with Crippen molar-refractivity contribution in [3.8, 4) is 0 Å². The Balaban J connectivity index is 1.20. The Morgan fingerprint density at radius 2 is 1.75 bits per heavy atom. The lowest BCUT2D eigenvalue weighted by atomic mass is 9.92. The van der Waals surface area contributed by atoms with Crippen LogP contribution in [0.4, 0.5) is 19.0 Å². The van der Waals surface area contributed by atoms with Gasteiger partial charge in [0.2, 0.25) is 5.91 Å². The zero-order chi connectivity index (χ0) is 22.3. The van der Waals surface area contributed by atoms with E-state index in [0.717, 1.165) is 30.3 Å². The van der Waals surface area contributed by atoms with Crippen LogP contribution in [0.3, 0.4) is 0 Å². The van der Waals surface area contributed by atoms with E-state index in [1.807, 2.05) is 21.9 Å². The number of benzene rings is 1. The minimum absolute atomic E-state index is 0.0599. The third-order valence-electron chi connectivity index (χ3n) is 6.39. The number of nitrogens with zero attached hydrogens (tertiary/aromatic N) is 6. The van der Waals surface area contributed by atoms with Crippen LogP contribution in [0.25, 0.3) is 5.65 Å². The van der Waals surface area contributed by atoms with Crippen LogP contribution in [-0.4, -0.2) is 50.3 Å². The summed E-state index contributed by atoms with van der Waals surface area (Å²) >= 11 is 0. The third kappa shape index (κ3) is 4.01. The monoisotopic (exact) mass is 444 g/mol. The van der Waals surface area contributed by atoms with Gasteiger partial charge in [0.25, 0.3) is 5.82 Å². The highest BCUT2D eigenvalue weighted by atomic mass is 19.4. The lowest BCUT2D eigenvalue weighted by Crippen LogP contribution is -2.39. The van der Waals surface area contributed by atoms with Crippen molar-refractivity contribution in [2.75, 3.05) is 24.5 Å². The Bertz CT molecular complexity index is 1140. The normalized spacial score (nSPS) is 17.6. The van der Waals surface area contributed by atoms with E-state index in [2.05, 4.69) is 27.4 Å². The minimum atomic E-state index is -4.62. The third-order valence-corrected chi connectivity index (χ3v) is 6.39. The lowest BCUT2D eigenvalue weighted by Gasteiger charge is -2.34. The summed E-state index contributed by atoms with van der Waals surface area (Å²) in [6, 6.07) is 11.4. The quantitative estimate of drug-likeness (QED) is 0.620. The van der Waals surface area contributed by atoms with Crippen LogP contribution in [0.1, 0.15) is 36.2 Å². The largest absolute Gasteiger partial charge is 0.453 e. The first kappa shape index (κ1) is 20.7. The van der Waals surface area contributed by atoms with Gasteiger partial charge in [-0.05, 0) is 48.4 Å². The number of carbonyl (C=O) groups excluding carboxylic acids is 1. The predicted molar refractivity (Wildman–Crippen MR) is 111 cm³/mol. The number of rotatable bonds is 3. The van der Waals surface area contributed by atoms with Gasteiger partial charge in [-0.2, -0.15) is 17.7 Å². The van der Waals surface area contributed by atoms with Crippen molar-refractivity contribution >= 4 is 17.4 Å². The van der Waals surface area contributed by atoms with Gasteiger partial charge in [-0.1, -0.05) is 24.3 Å². The molecule has 0 unspecified atom stereocenters. The summed E-state index contributed by atoms with van der Waals surface area (Å²) in [4.78, 5) is 16.7. The minimum Gasteiger partial charge on any atom is -0.355 e. The molecule has 4 heterocycles. The molecule has 2 aliphatic rings. The molecule has 2 aliphatic heterocycles. The standard InChI is InChI=1S/C22H23F3N6O/c23-22(24,25)21-27-26-18-5-6-19(28-31(18)21)29-10-7-15(8-11-29)13-20(32)30-12-9-16-3-1-2-4-17(16)14-30/h1-6,15H,7-14H2. The molecule has 5 rings (SSSR count). The van der Waals surface area contributed by atoms with Crippen LogP contribution < -0.4 is 4.90 Å². The second-order valence-electron chi connectivity index (χ2n) is 8.45. The summed E-state index contributed by atoms with van der Waals surface area (Å²) in [6.45, 7) is 2.70. The van der Waals surface area contributed by atoms with Gasteiger partial charge in [-0.3, -0.25) is 4.79 Å². The Hall–Kier alpha value is -3.17. The first-order valence-corrected chi connectivity index (χ1v) is 10.8. The zero-order valence-electron chi connectivity index (χ0n) is 17.4. The van der Waals surface area contributed by atoms with Crippen LogP contribution in [0, 0.1) is 5.92 Å². The number of amides is 1. The van der Waals surface area contributed by atoms with E-state index in [4.69, 9.17) is 0 Å². The number of hydrogen-bond acceptors (Lipinski definition) is 5. The molecule has 1 fully saturated rings. The molecule has 0 bridgehead atoms. The molecule has 2 aromatic heterocycles. The Morgan fingerprint density at radius 3 is 2.50 bits per heavy atom. The average Bonchev–Trinajstić information content (AvgIpc) is 3.23. The van der Waals surface area contributed by atoms with Crippen molar-refractivity contribution in [1.82, 2.24) is 24.7 Å². The number of fused-ring (bicyclic) bond motifs is 2. The maximum absolute atomic E-state index is 13.1. The first-order chi connectivity index (χ1) is 15.4. The summed E-state index contributed by atoms with van der Waals surface area (Å²) in [5.41, 5.74) is 2.59. The van der Waals surface area contributed by atoms with E-state index in [0.29, 0.717) is 31.9 Å². The molecule has 0 atom stereocenters. The Labute approximate surface area is 182 Å². The van der Waals surface area contributed by atoms with Gasteiger partial charge in [-0.15, -0.1) is 15.3 Å². The topological polar surface area (TPSA) is 66.6 Å². The molecule has 1 saturated heterocycles. The second kappa shape index (κ2) is 8.07. The van der Waals surface area contributed by atoms with E-state index in [9.17, 15) is 18.0 Å². The van der Waals surface area contributed by atoms with Crippen LogP contribution in [0.2, 0.25) is 0 Å². The first-order valence-electron chi connectivity index (χ1n) is 10.8. The average molecular weight is 444 g/mol. The van der Waals surface area contributed by atoms with E-state index in [1.54, 1.807) is 6.07 Å². The zero-order valence-corrected chi connectivity index (χ0v) is 17.4. The fourth-order valence-corrected chi connectivity index (χ4v) is 4.58. The summed E-state index contributed by atoms with van der Waals surface area (Å²) in [5, 5.41) is 10.9. The maximum atomic E-state index is 13.1. The number of alkyl halides is 3. The van der Waals surface area contributed by atoms with Gasteiger partial charge in [0, 0.05) is 32.6 Å². The van der Waals surface area contributed by atoms with Gasteiger partial charge in [-0.25, -0.2) is 0 Å². The van der Waals surface area contributed by atoms with Gasteiger partial charge >= 0.3 is 6.18 Å². The van der Waals surface area contributed by atoms with Gasteiger partial charge in [0.05, 0.1) is 0 Å². The van der Waals surface area contributed by atoms with Crippen molar-refractivity contribution in [2.45, 2.75) is 38.4 Å². The SMILES string of the molecule is O=C(CC1CCN(c2ccc3nnc(C(F)(F)F)n3n2)CC1)N1CCc2ccccc2C1. The molecule has 0 N–H and O–H groups in total. The van der Waals surface area contributed by atoms with E-state index < -0.39 is 12.0 Å². The van der Waals surface area contributed by atoms with Crippen molar-refractivity contribution < 1.29 is 18.0 Å². The number of carbonyl (C=O) groups is 1. The highest BCUT2D eigenvalue weighted by Gasteiger charge is 2.38. The Kier molecular flexibility index (Phi) is 5.22. The summed E-state index contributed by atoms with van der Waals surface area (Å²) in [5.74, 6) is -0.227. The van der Waals surface area contributed by atoms with Gasteiger partial charge in [0.1, 0.15) is 5.82 Å². The van der Waals surface area contributed by atoms with Crippen molar-refractivity contribution in [1.29, 1.82) is 0 Å². The summed E-state index contributed by atoms with van der Waals surface area (Å²) in [7, 11) is 0. The molecule has 10 heteroatoms. The molecule has 3 aromatic rings. The Morgan fingerprint density at radius 1 is 1.00 bits per heavy atom. The van der Waals surface area contributed by atoms with Crippen molar-refractivity contribution in [2.24, 2.45) is 5.92 Å². The van der Waals surface area contributed by atoms with Gasteiger partial charge < -0.3 is 9.80 Å². The second-order valence-corrected chi connectivity index (χ2v) is 8.45. The van der Waals surface area contributed by atoms with E-state index in [-0.39, 0.29) is 17.5 Å². The van der Waals surface area contributed by atoms with Gasteiger partial charge in [0.15, 0.2) is 5.65 Å². The molecule has 32 heavy (non-hydrogen) atoms. The summed E-state index contributed by atoms with van der Waals surface area (Å²) in [6.07, 6.45) is -1.63. The highest BCUT2D eigenvalue weighted by Crippen LogP contribution is 2.29. The molecule has 1 amide bonds. The molecular formula is C22H23F3N6O. The fourth-order valence-electron chi connectivity index (χ4n) is 4.58. The number of aromatic nitrogens is 4. The molecule has 168 valence electrons. The number of halogens is 3. The fraction of sp³-hybridized carbons (Fsp3) is 0.455. The molecule has 7 nitrogen and oxygen atoms in total. The number of piperidine rings is 1. The van der Waals surface area contributed by atoms with Crippen LogP contribution in [-0.2, 0) is 23.9 Å². The number of anilines is 1. The van der Waals surface area contributed by atoms with Crippen molar-refractivity contribution in [3.63, 3.8) is 0 Å². The molecule has 0 spiro atoms. The molecule has 0 aliphatic carbocycles. The predicted octanol–water partition coefficient (Wildman–Crippen LogP) is 3.33. The maximum Gasteiger partial charge on any atom is 0.453 e. The van der Waals surface area contributed by atoms with Crippen LogP contribution >= 0.6 is 0 Å². The van der Waals surface area contributed by atoms with Crippen LogP contribution in [0.15, 0.2) is 36.4 Å². The smallest absolute Gasteiger partial charge is 0.355 e. The van der Waals surface area contributed by atoms with E-state index >= 15 is 0 Å². The highest BCUT2D eigenvalue weighted by molar-refractivity contribution is 5.76. The molecule has 0 radical (unpaired) electrons. The van der Waals surface area contributed by atoms with Crippen LogP contribution in [0.5, 0.6) is 0 Å². The molecule has 1 aromatic carbocycles. The number of hydrogen-bond donors (Lipinski definition) is 0.